The molecule has 18 heteroatoms. The Morgan fingerprint density at radius 2 is 0.621 bits per heavy atom. The van der Waals surface area contributed by atoms with E-state index in [1.54, 1.807) is 0 Å². The number of halogens is 4. The summed E-state index contributed by atoms with van der Waals surface area (Å²) in [4.78, 5) is 0. The molecule has 0 aliphatic carbocycles. The van der Waals surface area contributed by atoms with E-state index in [2.05, 4.69) is 263 Å². The molecular weight excluding hydrogens is 1420 g/mol. The zero-order chi connectivity index (χ0) is 44.1. The van der Waals surface area contributed by atoms with Crippen molar-refractivity contribution in [2.75, 3.05) is 0 Å². The van der Waals surface area contributed by atoms with Gasteiger partial charge in [-0.2, -0.15) is 0 Å². The van der Waals surface area contributed by atoms with Crippen LogP contribution in [0.5, 0.6) is 0 Å². The molecule has 16 atom stereocenters. The zero-order valence-electron chi connectivity index (χ0n) is 39.9. The van der Waals surface area contributed by atoms with E-state index in [9.17, 15) is 0 Å². The van der Waals surface area contributed by atoms with Crippen LogP contribution in [0, 0.1) is 43.3 Å². The Labute approximate surface area is 420 Å². The van der Waals surface area contributed by atoms with Gasteiger partial charge in [0.15, 0.2) is 0 Å². The van der Waals surface area contributed by atoms with E-state index in [0.29, 0.717) is 72.5 Å². The quantitative estimate of drug-likeness (QED) is 0.0981. The van der Waals surface area contributed by atoms with Gasteiger partial charge in [-0.15, -0.1) is 0 Å². The maximum absolute atomic E-state index is 3.36. The van der Waals surface area contributed by atoms with E-state index in [-0.39, 0.29) is 29.8 Å². The second kappa shape index (κ2) is 10.9. The number of rotatable bonds is 0. The molecule has 2 spiro atoms. The summed E-state index contributed by atoms with van der Waals surface area (Å²) < 4.78 is 1.19. The van der Waals surface area contributed by atoms with Crippen LogP contribution >= 0.6 is 176 Å². The fourth-order valence-electron chi connectivity index (χ4n) is 17.1. The summed E-state index contributed by atoms with van der Waals surface area (Å²) in [6.45, 7) is 62.6. The first-order valence-electron chi connectivity index (χ1n) is 21.8. The summed E-state index contributed by atoms with van der Waals surface area (Å²) in [5.41, 5.74) is 4.16. The Hall–Kier alpha value is 7.99. The Balaban J connectivity index is 0.000000133. The molecule has 328 valence electrons. The van der Waals surface area contributed by atoms with Crippen LogP contribution in [0.2, 0.25) is 0 Å². The molecule has 0 aromatic heterocycles. The second-order valence-electron chi connectivity index (χ2n) is 28.4. The Morgan fingerprint density at radius 1 is 0.379 bits per heavy atom. The average molecular weight is 1490 g/mol. The molecule has 0 amide bonds. The van der Waals surface area contributed by atoms with Crippen molar-refractivity contribution in [2.24, 2.45) is 43.3 Å². The summed E-state index contributed by atoms with van der Waals surface area (Å²) in [6, 6.07) is 0. The molecule has 2 unspecified atom stereocenters. The van der Waals surface area contributed by atoms with Crippen LogP contribution in [0.25, 0.3) is 0 Å². The minimum atomic E-state index is -1.99. The second-order valence-corrected chi connectivity index (χ2v) is 148. The molecule has 0 saturated carbocycles. The van der Waals surface area contributed by atoms with Gasteiger partial charge in [0.2, 0.25) is 0 Å². The van der Waals surface area contributed by atoms with Gasteiger partial charge in [-0.1, -0.05) is 0 Å². The maximum atomic E-state index is 3.36. The van der Waals surface area contributed by atoms with E-state index in [1.807, 2.05) is 16.4 Å². The van der Waals surface area contributed by atoms with Crippen molar-refractivity contribution in [1.82, 2.24) is 0 Å². The van der Waals surface area contributed by atoms with E-state index in [0.717, 1.165) is 27.4 Å². The molecule has 0 aromatic rings. The zero-order valence-corrected chi connectivity index (χ0v) is 61.2. The molecule has 12 fully saturated rings. The van der Waals surface area contributed by atoms with Crippen LogP contribution < -0.4 is 0 Å². The molecule has 0 N–H and O–H groups in total. The number of hydrogen-bond acceptors (Lipinski definition) is 0. The van der Waals surface area contributed by atoms with Crippen molar-refractivity contribution in [2.45, 2.75) is 194 Å². The normalized spacial score (nSPS) is 58.7. The SMILES string of the molecule is CC(C)(C)C1=P[C@]2(C(C)(C)C)[P@]3[P@]4[P@@]2[C@@]2(C(C)(C)C)[P+]5([P@@]13)[C@]4(C(C)(C)C)[Si-]25(I)I.CC(C)(C)C1=P[C@]2(C(C)(C)C)[P@]3[P@]4[P@@]2[C@@]2(C(C)(C)C)[P+]5([P@@]13)[C@]4(C(C)(C)C)[Si-]25(I)I. The standard InChI is InChI=1S/2C20H36I2P6Si/c2*1-14(2,3)13-23-18(15(4,5)6)25-19(16(7,8)9)28-20(17(10,11)12,29(19,28,21)22)27(25)26(18)24(13)28/h2*1-12H3/t2*18-,19-,20+,24-,25+,26-,27-,28?/m00/s1. The third-order valence-electron chi connectivity index (χ3n) is 17.6. The summed E-state index contributed by atoms with van der Waals surface area (Å²) in [5.74, 6) is 0. The summed E-state index contributed by atoms with van der Waals surface area (Å²) in [5, 5.41) is 4.31. The van der Waals surface area contributed by atoms with Crippen molar-refractivity contribution < 1.29 is 0 Å². The minimum absolute atomic E-state index is 0.234. The summed E-state index contributed by atoms with van der Waals surface area (Å²) in [6.07, 6.45) is 0. The molecule has 0 aromatic carbocycles. The molecule has 14 heterocycles. The van der Waals surface area contributed by atoms with Crippen molar-refractivity contribution in [3.8, 4) is 0 Å². The van der Waals surface area contributed by atoms with Crippen molar-refractivity contribution >= 4 is 190 Å². The molecule has 14 aliphatic rings. The van der Waals surface area contributed by atoms with Crippen LogP contribution in [0.3, 0.4) is 0 Å². The Kier molecular flexibility index (Phi) is 9.10. The van der Waals surface area contributed by atoms with Crippen LogP contribution in [0.4, 0.5) is 0 Å². The van der Waals surface area contributed by atoms with Gasteiger partial charge in [0.05, 0.1) is 0 Å². The third kappa shape index (κ3) is 3.33. The summed E-state index contributed by atoms with van der Waals surface area (Å²) >= 11 is 13.4. The molecule has 0 nitrogen and oxygen atoms in total. The van der Waals surface area contributed by atoms with Crippen LogP contribution in [-0.4, -0.2) is 41.5 Å². The molecule has 12 saturated heterocycles. The van der Waals surface area contributed by atoms with Crippen molar-refractivity contribution in [1.29, 1.82) is 0 Å². The van der Waals surface area contributed by atoms with Crippen LogP contribution in [0.1, 0.15) is 166 Å². The van der Waals surface area contributed by atoms with Crippen LogP contribution in [-0.2, 0) is 0 Å². The van der Waals surface area contributed by atoms with Gasteiger partial charge in [-0.3, -0.25) is 0 Å². The van der Waals surface area contributed by atoms with E-state index in [1.165, 1.54) is 0 Å². The predicted octanol–water partition coefficient (Wildman–Crippen LogP) is 23.6. The Morgan fingerprint density at radius 3 is 0.810 bits per heavy atom. The number of hydrogen-bond donors (Lipinski definition) is 0. The first-order valence-corrected chi connectivity index (χ1v) is 62.7. The average Bonchev–Trinajstić information content (AvgIpc) is 3.43. The van der Waals surface area contributed by atoms with Gasteiger partial charge in [0, 0.05) is 0 Å². The Bertz CT molecular complexity index is 2090. The molecular formula is C40H72I4P12Si2. The third-order valence-corrected chi connectivity index (χ3v) is 264. The van der Waals surface area contributed by atoms with Gasteiger partial charge in [0.25, 0.3) is 0 Å². The molecule has 14 aliphatic heterocycles. The van der Waals surface area contributed by atoms with Gasteiger partial charge in [-0.05, 0) is 0 Å². The van der Waals surface area contributed by atoms with E-state index < -0.39 is 17.0 Å². The van der Waals surface area contributed by atoms with E-state index >= 15 is 0 Å². The van der Waals surface area contributed by atoms with Gasteiger partial charge < -0.3 is 0 Å². The van der Waals surface area contributed by atoms with Crippen molar-refractivity contribution in [3.05, 3.63) is 0 Å². The molecule has 58 heavy (non-hydrogen) atoms. The van der Waals surface area contributed by atoms with Crippen molar-refractivity contribution in [3.63, 3.8) is 0 Å². The fourth-order valence-corrected chi connectivity index (χ4v) is 538. The molecule has 8 bridgehead atoms. The van der Waals surface area contributed by atoms with E-state index in [4.69, 9.17) is 0 Å². The first-order chi connectivity index (χ1) is 25.3. The monoisotopic (exact) mass is 1490 g/mol. The fraction of sp³-hybridized carbons (Fsp3) is 0.950. The van der Waals surface area contributed by atoms with Gasteiger partial charge >= 0.3 is 427 Å². The predicted molar refractivity (Wildman–Crippen MR) is 333 cm³/mol. The topological polar surface area (TPSA) is 0 Å². The van der Waals surface area contributed by atoms with Gasteiger partial charge in [-0.25, -0.2) is 0 Å². The summed E-state index contributed by atoms with van der Waals surface area (Å²) in [7, 11) is 6.13. The molecule has 14 rings (SSSR count). The first kappa shape index (κ1) is 48.3. The molecule has 0 radical (unpaired) electrons. The van der Waals surface area contributed by atoms with Gasteiger partial charge in [0.1, 0.15) is 0 Å². The van der Waals surface area contributed by atoms with Crippen LogP contribution in [0.15, 0.2) is 0 Å².